The van der Waals surface area contributed by atoms with E-state index in [0.717, 1.165) is 60.0 Å². The molecular formula is C30H32F2N2O5S. The van der Waals surface area contributed by atoms with Crippen molar-refractivity contribution in [2.24, 2.45) is 0 Å². The van der Waals surface area contributed by atoms with Crippen LogP contribution in [0.15, 0.2) is 35.9 Å². The first-order chi connectivity index (χ1) is 19.1. The van der Waals surface area contributed by atoms with Gasteiger partial charge in [0.25, 0.3) is 5.91 Å². The van der Waals surface area contributed by atoms with Crippen LogP contribution in [0.5, 0.6) is 0 Å². The number of nitrogens with one attached hydrogen (secondary N) is 1. The Balaban J connectivity index is 1.43. The molecule has 0 saturated heterocycles. The SMILES string of the molecule is C/C(=C\c1c(F)cc(C(=O)Nc2nc3c(s2)CCc2c(CCCOCCOC(C)C)cccc2-3)cc1F)C(=O)O. The molecule has 7 nitrogen and oxygen atoms in total. The number of amides is 1. The van der Waals surface area contributed by atoms with Gasteiger partial charge < -0.3 is 14.6 Å². The van der Waals surface area contributed by atoms with E-state index in [1.54, 1.807) is 0 Å². The Bertz CT molecular complexity index is 1410. The minimum absolute atomic E-state index is 0.195. The summed E-state index contributed by atoms with van der Waals surface area (Å²) in [6.07, 6.45) is 4.50. The molecule has 0 radical (unpaired) electrons. The van der Waals surface area contributed by atoms with Crippen LogP contribution in [-0.4, -0.2) is 47.9 Å². The Morgan fingerprint density at radius 1 is 1.15 bits per heavy atom. The molecule has 1 aliphatic rings. The number of thiazole rings is 1. The van der Waals surface area contributed by atoms with E-state index in [1.165, 1.54) is 29.4 Å². The molecule has 1 aromatic heterocycles. The maximum absolute atomic E-state index is 14.5. The normalized spacial score (nSPS) is 12.8. The number of aliphatic carboxylic acids is 1. The third-order valence-corrected chi connectivity index (χ3v) is 7.53. The fourth-order valence-electron chi connectivity index (χ4n) is 4.52. The average Bonchev–Trinajstić information content (AvgIpc) is 3.32. The van der Waals surface area contributed by atoms with Gasteiger partial charge in [0.15, 0.2) is 5.13 Å². The second-order valence-corrected chi connectivity index (χ2v) is 10.9. The van der Waals surface area contributed by atoms with Crippen LogP contribution in [0.25, 0.3) is 17.3 Å². The molecule has 1 aliphatic carbocycles. The lowest BCUT2D eigenvalue weighted by atomic mass is 9.88. The number of rotatable bonds is 12. The summed E-state index contributed by atoms with van der Waals surface area (Å²) in [4.78, 5) is 29.5. The first-order valence-electron chi connectivity index (χ1n) is 13.2. The van der Waals surface area contributed by atoms with Crippen molar-refractivity contribution in [3.8, 4) is 11.3 Å². The molecule has 0 spiro atoms. The molecule has 0 saturated carbocycles. The van der Waals surface area contributed by atoms with Crippen molar-refractivity contribution in [2.75, 3.05) is 25.1 Å². The molecule has 212 valence electrons. The van der Waals surface area contributed by atoms with Crippen molar-refractivity contribution >= 4 is 34.4 Å². The Labute approximate surface area is 235 Å². The van der Waals surface area contributed by atoms with Crippen LogP contribution < -0.4 is 5.32 Å². The van der Waals surface area contributed by atoms with Crippen LogP contribution in [0.3, 0.4) is 0 Å². The average molecular weight is 571 g/mol. The smallest absolute Gasteiger partial charge is 0.331 e. The van der Waals surface area contributed by atoms with Gasteiger partial charge in [-0.2, -0.15) is 0 Å². The molecule has 1 heterocycles. The van der Waals surface area contributed by atoms with Crippen molar-refractivity contribution in [3.63, 3.8) is 0 Å². The van der Waals surface area contributed by atoms with E-state index in [2.05, 4.69) is 16.4 Å². The lowest BCUT2D eigenvalue weighted by molar-refractivity contribution is -0.132. The fraction of sp³-hybridized carbons (Fsp3) is 0.367. The number of hydrogen-bond donors (Lipinski definition) is 2. The van der Waals surface area contributed by atoms with Crippen LogP contribution in [0, 0.1) is 11.6 Å². The number of carboxylic acids is 1. The highest BCUT2D eigenvalue weighted by atomic mass is 32.1. The molecule has 0 unspecified atom stereocenters. The predicted octanol–water partition coefficient (Wildman–Crippen LogP) is 6.30. The monoisotopic (exact) mass is 570 g/mol. The summed E-state index contributed by atoms with van der Waals surface area (Å²) in [6.45, 7) is 7.04. The zero-order chi connectivity index (χ0) is 28.8. The highest BCUT2D eigenvalue weighted by Crippen LogP contribution is 2.39. The van der Waals surface area contributed by atoms with Crippen LogP contribution in [0.1, 0.15) is 59.1 Å². The zero-order valence-corrected chi connectivity index (χ0v) is 23.5. The Hall–Kier alpha value is -3.47. The third kappa shape index (κ3) is 7.18. The number of aromatic nitrogens is 1. The Morgan fingerprint density at radius 3 is 2.60 bits per heavy atom. The van der Waals surface area contributed by atoms with Gasteiger partial charge in [-0.1, -0.05) is 18.2 Å². The van der Waals surface area contributed by atoms with Gasteiger partial charge in [0.2, 0.25) is 0 Å². The topological polar surface area (TPSA) is 97.8 Å². The lowest BCUT2D eigenvalue weighted by Crippen LogP contribution is -2.13. The minimum Gasteiger partial charge on any atom is -0.478 e. The molecule has 10 heteroatoms. The number of aryl methyl sites for hydroxylation is 2. The van der Waals surface area contributed by atoms with Crippen LogP contribution >= 0.6 is 11.3 Å². The molecule has 0 atom stereocenters. The van der Waals surface area contributed by atoms with Gasteiger partial charge >= 0.3 is 5.97 Å². The maximum atomic E-state index is 14.5. The van der Waals surface area contributed by atoms with Crippen molar-refractivity contribution < 1.29 is 33.0 Å². The summed E-state index contributed by atoms with van der Waals surface area (Å²) >= 11 is 1.34. The number of ether oxygens (including phenoxy) is 2. The van der Waals surface area contributed by atoms with E-state index >= 15 is 0 Å². The van der Waals surface area contributed by atoms with Crippen molar-refractivity contribution in [1.82, 2.24) is 4.98 Å². The van der Waals surface area contributed by atoms with Gasteiger partial charge in [-0.15, -0.1) is 11.3 Å². The number of halogens is 2. The summed E-state index contributed by atoms with van der Waals surface area (Å²) in [5.41, 5.74) is 3.37. The third-order valence-electron chi connectivity index (χ3n) is 6.50. The summed E-state index contributed by atoms with van der Waals surface area (Å²) < 4.78 is 40.2. The highest BCUT2D eigenvalue weighted by molar-refractivity contribution is 7.16. The summed E-state index contributed by atoms with van der Waals surface area (Å²) in [7, 11) is 0. The van der Waals surface area contributed by atoms with E-state index < -0.39 is 29.1 Å². The van der Waals surface area contributed by atoms with Gasteiger partial charge in [0.05, 0.1) is 25.0 Å². The molecule has 40 heavy (non-hydrogen) atoms. The Kier molecular flexibility index (Phi) is 9.78. The fourth-order valence-corrected chi connectivity index (χ4v) is 5.49. The number of benzene rings is 2. The number of carboxylic acid groups (broad SMARTS) is 1. The number of carbonyl (C=O) groups is 2. The van der Waals surface area contributed by atoms with Gasteiger partial charge in [-0.05, 0) is 75.8 Å². The van der Waals surface area contributed by atoms with Crippen molar-refractivity contribution in [2.45, 2.75) is 52.6 Å². The minimum atomic E-state index is -1.29. The second kappa shape index (κ2) is 13.3. The number of nitrogens with zero attached hydrogens (tertiary/aromatic N) is 1. The first kappa shape index (κ1) is 29.5. The maximum Gasteiger partial charge on any atom is 0.331 e. The summed E-state index contributed by atoms with van der Waals surface area (Å²) in [5, 5.41) is 12.0. The quantitative estimate of drug-likeness (QED) is 0.196. The van der Waals surface area contributed by atoms with Crippen LogP contribution in [0.4, 0.5) is 13.9 Å². The molecule has 2 aromatic carbocycles. The van der Waals surface area contributed by atoms with Crippen molar-refractivity contribution in [1.29, 1.82) is 0 Å². The summed E-state index contributed by atoms with van der Waals surface area (Å²) in [5.74, 6) is -4.05. The van der Waals surface area contributed by atoms with E-state index in [4.69, 9.17) is 14.6 Å². The number of carbonyl (C=O) groups excluding carboxylic acids is 1. The van der Waals surface area contributed by atoms with E-state index in [1.807, 2.05) is 26.0 Å². The highest BCUT2D eigenvalue weighted by Gasteiger charge is 2.24. The van der Waals surface area contributed by atoms with Gasteiger partial charge in [-0.25, -0.2) is 18.6 Å². The molecule has 3 aromatic rings. The van der Waals surface area contributed by atoms with Crippen LogP contribution in [-0.2, 0) is 33.5 Å². The van der Waals surface area contributed by atoms with E-state index in [9.17, 15) is 18.4 Å². The predicted molar refractivity (Wildman–Crippen MR) is 151 cm³/mol. The molecule has 0 fully saturated rings. The zero-order valence-electron chi connectivity index (χ0n) is 22.7. The number of hydrogen-bond acceptors (Lipinski definition) is 6. The molecule has 2 N–H and O–H groups in total. The first-order valence-corrected chi connectivity index (χ1v) is 14.0. The van der Waals surface area contributed by atoms with Gasteiger partial charge in [-0.3, -0.25) is 10.1 Å². The van der Waals surface area contributed by atoms with Gasteiger partial charge in [0.1, 0.15) is 11.6 Å². The number of fused-ring (bicyclic) bond motifs is 3. The van der Waals surface area contributed by atoms with Crippen LogP contribution in [0.2, 0.25) is 0 Å². The Morgan fingerprint density at radius 2 is 1.90 bits per heavy atom. The second-order valence-electron chi connectivity index (χ2n) is 9.81. The summed E-state index contributed by atoms with van der Waals surface area (Å²) in [6, 6.07) is 7.93. The van der Waals surface area contributed by atoms with Gasteiger partial charge in [0, 0.05) is 33.7 Å². The molecule has 0 aliphatic heterocycles. The number of anilines is 1. The largest absolute Gasteiger partial charge is 0.478 e. The molecule has 1 amide bonds. The standard InChI is InChI=1S/C30H32F2N2O5S/c1-17(2)39-13-12-38-11-5-7-19-6-4-8-22-21(19)9-10-26-27(22)33-30(40-26)34-28(35)20-15-24(31)23(25(32)16-20)14-18(3)29(36)37/h4,6,8,14-17H,5,7,9-13H2,1-3H3,(H,36,37)(H,33,34,35)/b18-14+. The molecule has 0 bridgehead atoms. The van der Waals surface area contributed by atoms with E-state index in [0.29, 0.717) is 25.0 Å². The molecular weight excluding hydrogens is 538 g/mol. The van der Waals surface area contributed by atoms with E-state index in [-0.39, 0.29) is 17.2 Å². The lowest BCUT2D eigenvalue weighted by Gasteiger charge is -2.19. The van der Waals surface area contributed by atoms with Crippen molar-refractivity contribution in [3.05, 3.63) is 74.7 Å². The molecule has 4 rings (SSSR count).